The SMILES string of the molecule is CN1C(=O)C2C(N=CN2CC(=O)Nc2nc(N=Cc3c(CI)cccc3CI)nc(NC(=O)Cn3cnc4c3c(=O)n(C)c(=O)n4C)n2)N(C)C1=O. The van der Waals surface area contributed by atoms with Gasteiger partial charge >= 0.3 is 11.7 Å². The number of alkyl halides is 2. The smallest absolute Gasteiger partial charge is 0.332 e. The lowest BCUT2D eigenvalue weighted by Crippen LogP contribution is -2.64. The summed E-state index contributed by atoms with van der Waals surface area (Å²) in [5, 5.41) is 5.13. The highest BCUT2D eigenvalue weighted by Gasteiger charge is 2.48. The number of likely N-dealkylation sites (N-methyl/N-ethyl adjacent to an activating group) is 2. The van der Waals surface area contributed by atoms with Crippen molar-refractivity contribution < 1.29 is 19.2 Å². The molecule has 3 aromatic heterocycles. The molecule has 2 N–H and O–H groups in total. The second-order valence-electron chi connectivity index (χ2n) is 11.7. The number of anilines is 2. The number of amides is 5. The quantitative estimate of drug-likeness (QED) is 0.126. The third kappa shape index (κ3) is 6.90. The second-order valence-corrected chi connectivity index (χ2v) is 13.3. The number of carbonyl (C=O) groups excluding carboxylic acids is 4. The fourth-order valence-corrected chi connectivity index (χ4v) is 7.06. The van der Waals surface area contributed by atoms with Gasteiger partial charge in [0.25, 0.3) is 17.4 Å². The number of hydrogen-bond acceptors (Lipinski definition) is 13. The zero-order valence-electron chi connectivity index (χ0n) is 28.0. The van der Waals surface area contributed by atoms with E-state index in [4.69, 9.17) is 0 Å². The number of rotatable bonds is 10. The fraction of sp³-hybridized carbons (Fsp3) is 0.333. The van der Waals surface area contributed by atoms with E-state index in [-0.39, 0.29) is 35.6 Å². The van der Waals surface area contributed by atoms with Crippen LogP contribution in [-0.2, 0) is 43.9 Å². The standard InChI is InChI=1S/C30H30I2N14O6/c1-41-22-20(24(49)43(3)29(41)51)45(13-34-22)11-18(47)36-27-38-26(33-10-17-15(8-31)6-5-7-16(17)9-32)39-28(40-27)37-19(48)12-46-14-35-23-21(46)25(50)44(4)30(52)42(23)2/h5-7,10,13-14,20,22H,8-9,11-12H2,1-4H3,(H2,36,37,38,39,40,47,48). The third-order valence-electron chi connectivity index (χ3n) is 8.44. The van der Waals surface area contributed by atoms with Gasteiger partial charge in [-0.2, -0.15) is 15.0 Å². The van der Waals surface area contributed by atoms with Crippen LogP contribution in [0.1, 0.15) is 16.7 Å². The van der Waals surface area contributed by atoms with E-state index in [1.807, 2.05) is 18.2 Å². The molecular formula is C30H30I2N14O6. The highest BCUT2D eigenvalue weighted by molar-refractivity contribution is 14.1. The molecule has 1 saturated heterocycles. The minimum atomic E-state index is -0.907. The molecule has 0 aliphatic carbocycles. The van der Waals surface area contributed by atoms with Crippen LogP contribution in [-0.4, -0.2) is 117 Å². The number of nitrogens with zero attached hydrogens (tertiary/aromatic N) is 12. The molecule has 2 aliphatic rings. The van der Waals surface area contributed by atoms with Crippen LogP contribution in [0.25, 0.3) is 11.2 Å². The molecule has 22 heteroatoms. The molecule has 4 aromatic rings. The minimum absolute atomic E-state index is 0.0412. The van der Waals surface area contributed by atoms with Crippen LogP contribution in [0.4, 0.5) is 22.6 Å². The molecule has 2 unspecified atom stereocenters. The van der Waals surface area contributed by atoms with E-state index >= 15 is 0 Å². The summed E-state index contributed by atoms with van der Waals surface area (Å²) in [6.07, 6.45) is 3.42. The van der Waals surface area contributed by atoms with Crippen LogP contribution in [0, 0.1) is 0 Å². The predicted molar refractivity (Wildman–Crippen MR) is 205 cm³/mol. The summed E-state index contributed by atoms with van der Waals surface area (Å²) < 4.78 is 4.84. The van der Waals surface area contributed by atoms with Gasteiger partial charge < -0.3 is 14.4 Å². The molecule has 0 saturated carbocycles. The van der Waals surface area contributed by atoms with Gasteiger partial charge in [0, 0.05) is 48.8 Å². The first-order valence-electron chi connectivity index (χ1n) is 15.4. The molecule has 6 rings (SSSR count). The van der Waals surface area contributed by atoms with Crippen molar-refractivity contribution in [1.82, 2.24) is 48.3 Å². The number of carbonyl (C=O) groups is 4. The number of aliphatic imine (C=N–C) groups is 2. The molecule has 0 bridgehead atoms. The number of urea groups is 1. The number of hydrogen-bond donors (Lipinski definition) is 2. The van der Waals surface area contributed by atoms with Crippen LogP contribution in [0.2, 0.25) is 0 Å². The number of benzene rings is 1. The molecule has 0 radical (unpaired) electrons. The van der Waals surface area contributed by atoms with Crippen molar-refractivity contribution in [2.24, 2.45) is 24.1 Å². The third-order valence-corrected chi connectivity index (χ3v) is 10.1. The van der Waals surface area contributed by atoms with Crippen LogP contribution in [0.15, 0.2) is 44.1 Å². The average Bonchev–Trinajstić information content (AvgIpc) is 3.74. The van der Waals surface area contributed by atoms with Crippen molar-refractivity contribution in [3.8, 4) is 0 Å². The Morgan fingerprint density at radius 1 is 0.904 bits per heavy atom. The first-order chi connectivity index (χ1) is 24.8. The Morgan fingerprint density at radius 2 is 1.54 bits per heavy atom. The molecule has 2 aliphatic heterocycles. The summed E-state index contributed by atoms with van der Waals surface area (Å²) in [5.74, 6) is -2.43. The van der Waals surface area contributed by atoms with Gasteiger partial charge in [0.05, 0.1) is 19.2 Å². The first-order valence-corrected chi connectivity index (χ1v) is 18.4. The van der Waals surface area contributed by atoms with Crippen LogP contribution >= 0.6 is 45.2 Å². The van der Waals surface area contributed by atoms with Crippen molar-refractivity contribution in [3.05, 3.63) is 62.1 Å². The first kappa shape index (κ1) is 36.6. The summed E-state index contributed by atoms with van der Waals surface area (Å²) in [7, 11) is 5.66. The monoisotopic (exact) mass is 936 g/mol. The highest BCUT2D eigenvalue weighted by Crippen LogP contribution is 2.25. The number of imidazole rings is 1. The molecule has 1 fully saturated rings. The van der Waals surface area contributed by atoms with Crippen molar-refractivity contribution in [3.63, 3.8) is 0 Å². The van der Waals surface area contributed by atoms with Gasteiger partial charge in [0.15, 0.2) is 23.4 Å². The van der Waals surface area contributed by atoms with Gasteiger partial charge in [-0.25, -0.2) is 24.6 Å². The molecular weight excluding hydrogens is 906 g/mol. The lowest BCUT2D eigenvalue weighted by molar-refractivity contribution is -0.136. The lowest BCUT2D eigenvalue weighted by Gasteiger charge is -2.39. The van der Waals surface area contributed by atoms with E-state index in [2.05, 4.69) is 85.7 Å². The van der Waals surface area contributed by atoms with E-state index in [0.29, 0.717) is 8.86 Å². The van der Waals surface area contributed by atoms with Crippen LogP contribution < -0.4 is 21.9 Å². The van der Waals surface area contributed by atoms with E-state index in [9.17, 15) is 28.8 Å². The maximum atomic E-state index is 13.3. The molecule has 270 valence electrons. The van der Waals surface area contributed by atoms with Gasteiger partial charge in [-0.1, -0.05) is 63.4 Å². The van der Waals surface area contributed by atoms with Crippen molar-refractivity contribution in [1.29, 1.82) is 0 Å². The number of halogens is 2. The second kappa shape index (κ2) is 14.8. The maximum Gasteiger partial charge on any atom is 0.332 e. The Morgan fingerprint density at radius 3 is 2.17 bits per heavy atom. The van der Waals surface area contributed by atoms with Gasteiger partial charge in [-0.15, -0.1) is 0 Å². The van der Waals surface area contributed by atoms with E-state index in [1.54, 1.807) is 6.21 Å². The molecule has 0 spiro atoms. The Hall–Kier alpha value is -5.14. The van der Waals surface area contributed by atoms with Crippen LogP contribution in [0.3, 0.4) is 0 Å². The molecule has 5 heterocycles. The normalized spacial score (nSPS) is 17.1. The minimum Gasteiger partial charge on any atom is -0.338 e. The van der Waals surface area contributed by atoms with E-state index < -0.39 is 53.8 Å². The Balaban J connectivity index is 1.27. The van der Waals surface area contributed by atoms with Gasteiger partial charge in [0.2, 0.25) is 23.7 Å². The highest BCUT2D eigenvalue weighted by atomic mass is 127. The number of aromatic nitrogens is 7. The number of aryl methyl sites for hydroxylation is 1. The predicted octanol–water partition coefficient (Wildman–Crippen LogP) is 0.379. The van der Waals surface area contributed by atoms with Gasteiger partial charge in [-0.3, -0.25) is 43.8 Å². The molecule has 2 atom stereocenters. The number of imide groups is 1. The zero-order valence-corrected chi connectivity index (χ0v) is 32.3. The summed E-state index contributed by atoms with van der Waals surface area (Å²) in [6, 6.07) is 4.51. The summed E-state index contributed by atoms with van der Waals surface area (Å²) in [6.45, 7) is -0.736. The van der Waals surface area contributed by atoms with Crippen molar-refractivity contribution in [2.75, 3.05) is 31.3 Å². The summed E-state index contributed by atoms with van der Waals surface area (Å²) in [4.78, 5) is 106. The van der Waals surface area contributed by atoms with E-state index in [0.717, 1.165) is 26.2 Å². The largest absolute Gasteiger partial charge is 0.338 e. The maximum absolute atomic E-state index is 13.3. The number of fused-ring (bicyclic) bond motifs is 2. The summed E-state index contributed by atoms with van der Waals surface area (Å²) in [5.41, 5.74) is 1.90. The van der Waals surface area contributed by atoms with Crippen LogP contribution in [0.5, 0.6) is 0 Å². The van der Waals surface area contributed by atoms with Gasteiger partial charge in [0.1, 0.15) is 6.54 Å². The lowest BCUT2D eigenvalue weighted by atomic mass is 10.0. The molecule has 52 heavy (non-hydrogen) atoms. The molecule has 5 amide bonds. The molecule has 20 nitrogen and oxygen atoms in total. The number of nitrogens with one attached hydrogen (secondary N) is 2. The Kier molecular flexibility index (Phi) is 10.5. The topological polar surface area (TPSA) is 227 Å². The van der Waals surface area contributed by atoms with Crippen molar-refractivity contribution >= 4 is 110 Å². The van der Waals surface area contributed by atoms with Gasteiger partial charge in [-0.05, 0) is 11.1 Å². The van der Waals surface area contributed by atoms with Crippen molar-refractivity contribution in [2.45, 2.75) is 27.6 Å². The Bertz CT molecular complexity index is 2290. The Labute approximate surface area is 321 Å². The van der Waals surface area contributed by atoms with E-state index in [1.165, 1.54) is 59.8 Å². The fourth-order valence-electron chi connectivity index (χ4n) is 5.73. The summed E-state index contributed by atoms with van der Waals surface area (Å²) >= 11 is 4.52. The average molecular weight is 936 g/mol. The zero-order chi connectivity index (χ0) is 37.4. The molecule has 1 aromatic carbocycles.